The summed E-state index contributed by atoms with van der Waals surface area (Å²) < 4.78 is 28.3. The van der Waals surface area contributed by atoms with E-state index >= 15 is 0 Å². The van der Waals surface area contributed by atoms with Crippen LogP contribution >= 0.6 is 0 Å². The van der Waals surface area contributed by atoms with Gasteiger partial charge < -0.3 is 4.74 Å². The normalized spacial score (nSPS) is 10.6. The predicted molar refractivity (Wildman–Crippen MR) is 59.1 cm³/mol. The lowest BCUT2D eigenvalue weighted by molar-refractivity contribution is 0.414. The zero-order chi connectivity index (χ0) is 12.0. The molecular formula is C9H11N3O3S. The first kappa shape index (κ1) is 12.4. The Morgan fingerprint density at radius 1 is 1.38 bits per heavy atom. The summed E-state index contributed by atoms with van der Waals surface area (Å²) in [5.41, 5.74) is 8.05. The molecule has 6 nitrogen and oxygen atoms in total. The summed E-state index contributed by atoms with van der Waals surface area (Å²) in [6, 6.07) is 6.06. The van der Waals surface area contributed by atoms with Gasteiger partial charge in [-0.2, -0.15) is 0 Å². The van der Waals surface area contributed by atoms with Gasteiger partial charge in [0.15, 0.2) is 9.84 Å². The number of methoxy groups -OCH3 is 1. The van der Waals surface area contributed by atoms with Crippen molar-refractivity contribution in [3.05, 3.63) is 34.7 Å². The standard InChI is InChI=1S/C9H11N3O3S/c1-15-8-2-4-9(5-3-8)16(13,14)7-6-11-12-10/h2-5H,6-7H2,1H3. The average Bonchev–Trinajstić information content (AvgIpc) is 2.29. The number of azide groups is 1. The summed E-state index contributed by atoms with van der Waals surface area (Å²) in [4.78, 5) is 2.70. The van der Waals surface area contributed by atoms with Gasteiger partial charge in [-0.25, -0.2) is 8.42 Å². The predicted octanol–water partition coefficient (Wildman–Crippen LogP) is 1.78. The summed E-state index contributed by atoms with van der Waals surface area (Å²) in [5, 5.41) is 3.19. The molecule has 0 spiro atoms. The van der Waals surface area contributed by atoms with Gasteiger partial charge in [-0.15, -0.1) is 0 Å². The van der Waals surface area contributed by atoms with Crippen LogP contribution in [0.5, 0.6) is 5.75 Å². The molecule has 0 aliphatic heterocycles. The fourth-order valence-electron chi connectivity index (χ4n) is 1.11. The maximum absolute atomic E-state index is 11.7. The van der Waals surface area contributed by atoms with Crippen LogP contribution in [0.4, 0.5) is 0 Å². The minimum Gasteiger partial charge on any atom is -0.497 e. The lowest BCUT2D eigenvalue weighted by Crippen LogP contribution is -2.08. The van der Waals surface area contributed by atoms with Crippen molar-refractivity contribution in [1.82, 2.24) is 0 Å². The molecule has 0 atom stereocenters. The summed E-state index contributed by atoms with van der Waals surface area (Å²) in [5.74, 6) is 0.401. The molecule has 0 heterocycles. The van der Waals surface area contributed by atoms with Gasteiger partial charge in [0, 0.05) is 11.5 Å². The van der Waals surface area contributed by atoms with Gasteiger partial charge in [0.25, 0.3) is 0 Å². The molecule has 1 aromatic carbocycles. The van der Waals surface area contributed by atoms with Crippen LogP contribution in [0.15, 0.2) is 34.3 Å². The highest BCUT2D eigenvalue weighted by Gasteiger charge is 2.13. The molecule has 16 heavy (non-hydrogen) atoms. The lowest BCUT2D eigenvalue weighted by Gasteiger charge is -2.03. The van der Waals surface area contributed by atoms with Crippen molar-refractivity contribution in [3.63, 3.8) is 0 Å². The number of benzene rings is 1. The Morgan fingerprint density at radius 2 is 2.00 bits per heavy atom. The molecular weight excluding hydrogens is 230 g/mol. The summed E-state index contributed by atoms with van der Waals surface area (Å²) in [6.07, 6.45) is 0. The fourth-order valence-corrected chi connectivity index (χ4v) is 2.22. The van der Waals surface area contributed by atoms with Crippen molar-refractivity contribution < 1.29 is 13.2 Å². The van der Waals surface area contributed by atoms with Crippen LogP contribution in [0, 0.1) is 0 Å². The van der Waals surface area contributed by atoms with Crippen LogP contribution in [0.2, 0.25) is 0 Å². The second-order valence-electron chi connectivity index (χ2n) is 2.95. The van der Waals surface area contributed by atoms with Crippen molar-refractivity contribution in [2.24, 2.45) is 5.11 Å². The Kier molecular flexibility index (Phi) is 4.16. The number of nitrogens with zero attached hydrogens (tertiary/aromatic N) is 3. The molecule has 0 saturated heterocycles. The number of hydrogen-bond donors (Lipinski definition) is 0. The van der Waals surface area contributed by atoms with E-state index in [0.717, 1.165) is 0 Å². The maximum Gasteiger partial charge on any atom is 0.178 e. The fraction of sp³-hybridized carbons (Fsp3) is 0.333. The van der Waals surface area contributed by atoms with Crippen LogP contribution in [0.25, 0.3) is 10.4 Å². The van der Waals surface area contributed by atoms with Crippen molar-refractivity contribution in [3.8, 4) is 5.75 Å². The third-order valence-corrected chi connectivity index (χ3v) is 3.65. The zero-order valence-electron chi connectivity index (χ0n) is 8.70. The highest BCUT2D eigenvalue weighted by atomic mass is 32.2. The Bertz CT molecular complexity index is 489. The molecule has 0 amide bonds. The van der Waals surface area contributed by atoms with Gasteiger partial charge in [-0.3, -0.25) is 0 Å². The van der Waals surface area contributed by atoms with Crippen LogP contribution in [-0.2, 0) is 9.84 Å². The van der Waals surface area contributed by atoms with E-state index < -0.39 is 9.84 Å². The number of rotatable bonds is 5. The minimum absolute atomic E-state index is 0.0646. The third kappa shape index (κ3) is 3.15. The largest absolute Gasteiger partial charge is 0.497 e. The van der Waals surface area contributed by atoms with E-state index in [1.54, 1.807) is 12.1 Å². The summed E-state index contributed by atoms with van der Waals surface area (Å²) in [7, 11) is -1.87. The SMILES string of the molecule is COc1ccc(S(=O)(=O)CCN=[N+]=[N-])cc1. The average molecular weight is 241 g/mol. The number of sulfone groups is 1. The van der Waals surface area contributed by atoms with Gasteiger partial charge in [0.1, 0.15) is 5.75 Å². The molecule has 0 unspecified atom stereocenters. The zero-order valence-corrected chi connectivity index (χ0v) is 9.51. The molecule has 0 fully saturated rings. The van der Waals surface area contributed by atoms with Gasteiger partial charge in [0.2, 0.25) is 0 Å². The second kappa shape index (κ2) is 5.39. The van der Waals surface area contributed by atoms with Crippen LogP contribution in [0.1, 0.15) is 0 Å². The van der Waals surface area contributed by atoms with E-state index in [9.17, 15) is 8.42 Å². The first-order valence-corrected chi connectivity index (χ1v) is 6.13. The van der Waals surface area contributed by atoms with Crippen molar-refractivity contribution >= 4 is 9.84 Å². The Labute approximate surface area is 93.4 Å². The molecule has 1 rings (SSSR count). The first-order valence-electron chi connectivity index (χ1n) is 4.48. The second-order valence-corrected chi connectivity index (χ2v) is 5.06. The molecule has 0 aromatic heterocycles. The molecule has 0 bridgehead atoms. The van der Waals surface area contributed by atoms with Crippen molar-refractivity contribution in [2.45, 2.75) is 4.90 Å². The topological polar surface area (TPSA) is 92.1 Å². The van der Waals surface area contributed by atoms with E-state index in [1.165, 1.54) is 19.2 Å². The Hall–Kier alpha value is -1.72. The van der Waals surface area contributed by atoms with Gasteiger partial charge >= 0.3 is 0 Å². The number of ether oxygens (including phenoxy) is 1. The number of hydrogen-bond acceptors (Lipinski definition) is 4. The molecule has 0 saturated carbocycles. The summed E-state index contributed by atoms with van der Waals surface area (Å²) >= 11 is 0. The smallest absolute Gasteiger partial charge is 0.178 e. The molecule has 1 aromatic rings. The highest BCUT2D eigenvalue weighted by Crippen LogP contribution is 2.16. The monoisotopic (exact) mass is 241 g/mol. The van der Waals surface area contributed by atoms with Gasteiger partial charge in [-0.1, -0.05) is 5.11 Å². The minimum atomic E-state index is -3.38. The van der Waals surface area contributed by atoms with Gasteiger partial charge in [0.05, 0.1) is 17.8 Å². The summed E-state index contributed by atoms with van der Waals surface area (Å²) in [6.45, 7) is -0.0646. The lowest BCUT2D eigenvalue weighted by atomic mass is 10.3. The van der Waals surface area contributed by atoms with Crippen LogP contribution in [0.3, 0.4) is 0 Å². The molecule has 0 aliphatic carbocycles. The highest BCUT2D eigenvalue weighted by molar-refractivity contribution is 7.91. The molecule has 86 valence electrons. The maximum atomic E-state index is 11.7. The van der Waals surface area contributed by atoms with E-state index in [2.05, 4.69) is 10.0 Å². The quantitative estimate of drug-likeness (QED) is 0.446. The van der Waals surface area contributed by atoms with E-state index in [4.69, 9.17) is 10.3 Å². The molecule has 0 N–H and O–H groups in total. The van der Waals surface area contributed by atoms with Gasteiger partial charge in [-0.05, 0) is 29.8 Å². The molecule has 0 aliphatic rings. The van der Waals surface area contributed by atoms with Crippen LogP contribution in [-0.4, -0.2) is 27.8 Å². The third-order valence-electron chi connectivity index (χ3n) is 1.94. The molecule has 0 radical (unpaired) electrons. The van der Waals surface area contributed by atoms with E-state index in [-0.39, 0.29) is 17.2 Å². The van der Waals surface area contributed by atoms with Crippen molar-refractivity contribution in [2.75, 3.05) is 19.4 Å². The first-order chi connectivity index (χ1) is 7.60. The van der Waals surface area contributed by atoms with E-state index in [0.29, 0.717) is 5.75 Å². The van der Waals surface area contributed by atoms with Crippen LogP contribution < -0.4 is 4.74 Å². The Morgan fingerprint density at radius 3 is 2.50 bits per heavy atom. The Balaban J connectivity index is 2.85. The molecule has 7 heteroatoms. The van der Waals surface area contributed by atoms with E-state index in [1.807, 2.05) is 0 Å². The van der Waals surface area contributed by atoms with Crippen molar-refractivity contribution in [1.29, 1.82) is 0 Å².